The third kappa shape index (κ3) is 7.25. The van der Waals surface area contributed by atoms with E-state index < -0.39 is 47.9 Å². The molecule has 0 aliphatic carbocycles. The molecule has 4 aromatic rings. The number of nitrogens with one attached hydrogen (secondary N) is 1. The lowest BCUT2D eigenvalue weighted by molar-refractivity contribution is -0.142. The molecule has 2 aromatic heterocycles. The molecule has 3 N–H and O–H groups in total. The monoisotopic (exact) mass is 599 g/mol. The van der Waals surface area contributed by atoms with Gasteiger partial charge in [0.05, 0.1) is 11.7 Å². The number of halogens is 5. The first-order valence-corrected chi connectivity index (χ1v) is 13.5. The summed E-state index contributed by atoms with van der Waals surface area (Å²) in [7, 11) is 0. The van der Waals surface area contributed by atoms with Gasteiger partial charge in [0, 0.05) is 34.6 Å². The molecule has 226 valence electrons. The highest BCUT2D eigenvalue weighted by Gasteiger charge is 2.39. The van der Waals surface area contributed by atoms with Gasteiger partial charge >= 0.3 is 6.18 Å². The van der Waals surface area contributed by atoms with Gasteiger partial charge in [-0.15, -0.1) is 0 Å². The molecule has 0 aliphatic heterocycles. The Morgan fingerprint density at radius 1 is 1.02 bits per heavy atom. The summed E-state index contributed by atoms with van der Waals surface area (Å²) in [6.45, 7) is 4.48. The van der Waals surface area contributed by atoms with Crippen molar-refractivity contribution < 1.29 is 31.5 Å². The summed E-state index contributed by atoms with van der Waals surface area (Å²) >= 11 is 0. The highest BCUT2D eigenvalue weighted by molar-refractivity contribution is 5.94. The molecular weight excluding hydrogens is 569 g/mol. The van der Waals surface area contributed by atoms with Crippen LogP contribution in [0.15, 0.2) is 60.8 Å². The Morgan fingerprint density at radius 3 is 2.33 bits per heavy atom. The number of primary amides is 1. The molecule has 0 saturated heterocycles. The molecule has 0 radical (unpaired) electrons. The van der Waals surface area contributed by atoms with Crippen LogP contribution in [0.1, 0.15) is 71.3 Å². The van der Waals surface area contributed by atoms with Crippen LogP contribution in [-0.2, 0) is 30.4 Å². The fourth-order valence-corrected chi connectivity index (χ4v) is 5.19. The molecule has 0 saturated carbocycles. The second-order valence-electron chi connectivity index (χ2n) is 10.4. The number of nitrogens with zero attached hydrogens (tertiary/aromatic N) is 3. The topological polar surface area (TPSA) is 103 Å². The number of benzene rings is 2. The minimum absolute atomic E-state index is 0.0171. The van der Waals surface area contributed by atoms with Crippen LogP contribution in [0.5, 0.6) is 0 Å². The van der Waals surface area contributed by atoms with E-state index in [1.54, 1.807) is 51.1 Å². The van der Waals surface area contributed by atoms with Gasteiger partial charge in [-0.05, 0) is 60.2 Å². The van der Waals surface area contributed by atoms with Gasteiger partial charge in [0.1, 0.15) is 18.2 Å². The van der Waals surface area contributed by atoms with Crippen LogP contribution < -0.4 is 11.1 Å². The van der Waals surface area contributed by atoms with Crippen molar-refractivity contribution in [2.45, 2.75) is 58.3 Å². The zero-order chi connectivity index (χ0) is 31.5. The number of alkyl halides is 3. The molecule has 2 aromatic carbocycles. The van der Waals surface area contributed by atoms with Crippen LogP contribution in [0.25, 0.3) is 11.1 Å². The summed E-state index contributed by atoms with van der Waals surface area (Å²) < 4.78 is 70.6. The van der Waals surface area contributed by atoms with Crippen molar-refractivity contribution in [2.24, 2.45) is 5.73 Å². The molecule has 0 bridgehead atoms. The van der Waals surface area contributed by atoms with Gasteiger partial charge in [0.15, 0.2) is 5.69 Å². The van der Waals surface area contributed by atoms with Crippen molar-refractivity contribution in [1.29, 1.82) is 0 Å². The van der Waals surface area contributed by atoms with Gasteiger partial charge in [0.25, 0.3) is 0 Å². The third-order valence-corrected chi connectivity index (χ3v) is 6.88. The van der Waals surface area contributed by atoms with Crippen LogP contribution in [-0.4, -0.2) is 26.6 Å². The van der Waals surface area contributed by atoms with Crippen LogP contribution >= 0.6 is 0 Å². The van der Waals surface area contributed by atoms with Crippen molar-refractivity contribution in [3.63, 3.8) is 0 Å². The van der Waals surface area contributed by atoms with E-state index in [1.807, 2.05) is 0 Å². The lowest BCUT2D eigenvalue weighted by atomic mass is 9.94. The number of aromatic nitrogens is 3. The second-order valence-corrected chi connectivity index (χ2v) is 10.4. The molecule has 2 amide bonds. The van der Waals surface area contributed by atoms with Crippen LogP contribution in [0.2, 0.25) is 0 Å². The normalized spacial score (nSPS) is 12.4. The Bertz CT molecular complexity index is 1630. The Hall–Kier alpha value is -4.61. The Morgan fingerprint density at radius 2 is 1.72 bits per heavy atom. The lowest BCUT2D eigenvalue weighted by Gasteiger charge is -2.22. The molecule has 0 fully saturated rings. The highest BCUT2D eigenvalue weighted by atomic mass is 19.4. The quantitative estimate of drug-likeness (QED) is 0.214. The maximum Gasteiger partial charge on any atom is 0.435 e. The van der Waals surface area contributed by atoms with E-state index in [2.05, 4.69) is 15.4 Å². The molecule has 0 unspecified atom stereocenters. The molecule has 0 aliphatic rings. The highest BCUT2D eigenvalue weighted by Crippen LogP contribution is 2.35. The second kappa shape index (κ2) is 12.7. The van der Waals surface area contributed by atoms with Crippen molar-refractivity contribution >= 4 is 11.8 Å². The Labute approximate surface area is 244 Å². The van der Waals surface area contributed by atoms with E-state index in [0.29, 0.717) is 22.9 Å². The maximum atomic E-state index is 14.1. The molecule has 0 spiro atoms. The smallest absolute Gasteiger partial charge is 0.366 e. The van der Waals surface area contributed by atoms with E-state index >= 15 is 0 Å². The summed E-state index contributed by atoms with van der Waals surface area (Å²) in [5.74, 6) is -3.35. The van der Waals surface area contributed by atoms with Gasteiger partial charge in [0.2, 0.25) is 11.8 Å². The van der Waals surface area contributed by atoms with Crippen molar-refractivity contribution in [3.05, 3.63) is 106 Å². The predicted molar refractivity (Wildman–Crippen MR) is 150 cm³/mol. The van der Waals surface area contributed by atoms with E-state index in [4.69, 9.17) is 5.73 Å². The standard InChI is InChI=1S/C31H30F5N5O2/c1-4-23-28(17(2)3)41(40-29(23)31(34,35)36)16-26(42)39-25(13-18-11-21(32)15-22(33)12-18)27-24(9-6-10-38-27)19-7-5-8-20(14-19)30(37)43/h5-12,14-15,17,25H,4,13,16H2,1-3H3,(H2,37,43)(H,39,42)/t25-/m0/s1. The maximum absolute atomic E-state index is 14.1. The Balaban J connectivity index is 1.76. The molecule has 12 heteroatoms. The van der Waals surface area contributed by atoms with Gasteiger partial charge in [-0.1, -0.05) is 39.0 Å². The summed E-state index contributed by atoms with van der Waals surface area (Å²) in [6, 6.07) is 11.7. The summed E-state index contributed by atoms with van der Waals surface area (Å²) in [5, 5.41) is 6.55. The average molecular weight is 600 g/mol. The van der Waals surface area contributed by atoms with E-state index in [9.17, 15) is 31.5 Å². The minimum Gasteiger partial charge on any atom is -0.366 e. The zero-order valence-electron chi connectivity index (χ0n) is 23.7. The number of hydrogen-bond donors (Lipinski definition) is 2. The Kier molecular flexibility index (Phi) is 9.27. The van der Waals surface area contributed by atoms with Crippen molar-refractivity contribution in [2.75, 3.05) is 0 Å². The number of carbonyl (C=O) groups excluding carboxylic acids is 2. The summed E-state index contributed by atoms with van der Waals surface area (Å²) in [4.78, 5) is 29.7. The SMILES string of the molecule is CCc1c(C(F)(F)F)nn(CC(=O)N[C@@H](Cc2cc(F)cc(F)c2)c2ncccc2-c2cccc(C(N)=O)c2)c1C(C)C. The number of pyridine rings is 1. The fraction of sp³-hybridized carbons (Fsp3) is 0.290. The number of nitrogens with two attached hydrogens (primary N) is 1. The average Bonchev–Trinajstić information content (AvgIpc) is 3.31. The molecule has 1 atom stereocenters. The summed E-state index contributed by atoms with van der Waals surface area (Å²) in [6.07, 6.45) is -3.28. The fourth-order valence-electron chi connectivity index (χ4n) is 5.19. The van der Waals surface area contributed by atoms with Crippen LogP contribution in [0, 0.1) is 11.6 Å². The molecule has 43 heavy (non-hydrogen) atoms. The first kappa shape index (κ1) is 31.3. The first-order chi connectivity index (χ1) is 20.3. The van der Waals surface area contributed by atoms with Gasteiger partial charge < -0.3 is 11.1 Å². The summed E-state index contributed by atoms with van der Waals surface area (Å²) in [5.41, 5.74) is 6.50. The molecule has 2 heterocycles. The van der Waals surface area contributed by atoms with Crippen molar-refractivity contribution in [1.82, 2.24) is 20.1 Å². The van der Waals surface area contributed by atoms with Gasteiger partial charge in [-0.2, -0.15) is 18.3 Å². The lowest BCUT2D eigenvalue weighted by Crippen LogP contribution is -2.34. The zero-order valence-corrected chi connectivity index (χ0v) is 23.7. The number of amides is 2. The molecular formula is C31H30F5N5O2. The number of carbonyl (C=O) groups is 2. The first-order valence-electron chi connectivity index (χ1n) is 13.5. The van der Waals surface area contributed by atoms with Crippen LogP contribution in [0.3, 0.4) is 0 Å². The third-order valence-electron chi connectivity index (χ3n) is 6.88. The molecule has 7 nitrogen and oxygen atoms in total. The number of hydrogen-bond acceptors (Lipinski definition) is 4. The van der Waals surface area contributed by atoms with E-state index in [-0.39, 0.29) is 41.1 Å². The van der Waals surface area contributed by atoms with Gasteiger partial charge in [-0.25, -0.2) is 8.78 Å². The molecule has 4 rings (SSSR count). The predicted octanol–water partition coefficient (Wildman–Crippen LogP) is 6.13. The largest absolute Gasteiger partial charge is 0.435 e. The van der Waals surface area contributed by atoms with E-state index in [0.717, 1.165) is 16.8 Å². The minimum atomic E-state index is -4.71. The number of rotatable bonds is 10. The van der Waals surface area contributed by atoms with Crippen LogP contribution in [0.4, 0.5) is 22.0 Å². The van der Waals surface area contributed by atoms with Gasteiger partial charge in [-0.3, -0.25) is 19.3 Å². The van der Waals surface area contributed by atoms with Crippen molar-refractivity contribution in [3.8, 4) is 11.1 Å². The van der Waals surface area contributed by atoms with E-state index in [1.165, 1.54) is 12.3 Å².